The first-order valence-electron chi connectivity index (χ1n) is 8.91. The van der Waals surface area contributed by atoms with E-state index in [1.165, 1.54) is 11.1 Å². The van der Waals surface area contributed by atoms with E-state index in [0.717, 1.165) is 16.5 Å². The van der Waals surface area contributed by atoms with Crippen molar-refractivity contribution in [2.75, 3.05) is 6.54 Å². The van der Waals surface area contributed by atoms with Gasteiger partial charge in [0.1, 0.15) is 17.4 Å². The number of benzene rings is 1. The average molecular weight is 373 g/mol. The quantitative estimate of drug-likeness (QED) is 0.588. The Balaban J connectivity index is 1.95. The topological polar surface area (TPSA) is 42.4 Å². The molecule has 0 spiro atoms. The van der Waals surface area contributed by atoms with Crippen LogP contribution < -0.4 is 4.74 Å². The molecule has 5 heteroatoms. The maximum atomic E-state index is 12.4. The number of nitrogens with zero attached hydrogens (tertiary/aromatic N) is 2. The van der Waals surface area contributed by atoms with E-state index >= 15 is 0 Å². The normalized spacial score (nSPS) is 10.8. The zero-order valence-electron chi connectivity index (χ0n) is 16.1. The summed E-state index contributed by atoms with van der Waals surface area (Å²) in [7, 11) is 0. The van der Waals surface area contributed by atoms with E-state index in [4.69, 9.17) is 4.74 Å². The van der Waals surface area contributed by atoms with Gasteiger partial charge in [-0.1, -0.05) is 26.0 Å². The third kappa shape index (κ3) is 5.99. The summed E-state index contributed by atoms with van der Waals surface area (Å²) in [5, 5.41) is 2.91. The lowest BCUT2D eigenvalue weighted by molar-refractivity contribution is -0.132. The number of aromatic nitrogens is 1. The van der Waals surface area contributed by atoms with Gasteiger partial charge in [-0.25, -0.2) is 4.98 Å². The Morgan fingerprint density at radius 3 is 2.77 bits per heavy atom. The zero-order chi connectivity index (χ0) is 19.1. The zero-order valence-corrected chi connectivity index (χ0v) is 16.9. The average Bonchev–Trinajstić information content (AvgIpc) is 3.02. The standard InChI is InChI=1S/C21H28N2O2S/c1-6-9-23(21(24)10-15(2)3)12-18-14-26-20(22-18)13-25-19-8-7-16(4)17(5)11-19/h6-8,11,14-15H,1,9-10,12-13H2,2-5H3. The second-order valence-corrected chi connectivity index (χ2v) is 7.87. The highest BCUT2D eigenvalue weighted by atomic mass is 32.1. The minimum absolute atomic E-state index is 0.140. The fourth-order valence-corrected chi connectivity index (χ4v) is 3.22. The van der Waals surface area contributed by atoms with Crippen molar-refractivity contribution in [1.29, 1.82) is 0 Å². The van der Waals surface area contributed by atoms with Gasteiger partial charge in [-0.05, 0) is 43.0 Å². The van der Waals surface area contributed by atoms with Crippen LogP contribution in [0.25, 0.3) is 0 Å². The van der Waals surface area contributed by atoms with Crippen LogP contribution in [0.4, 0.5) is 0 Å². The molecular formula is C21H28N2O2S. The van der Waals surface area contributed by atoms with Gasteiger partial charge in [-0.3, -0.25) is 4.79 Å². The lowest BCUT2D eigenvalue weighted by Crippen LogP contribution is -2.31. The Labute approximate surface area is 160 Å². The molecule has 0 bridgehead atoms. The molecule has 0 aliphatic rings. The number of carbonyl (C=O) groups excluding carboxylic acids is 1. The van der Waals surface area contributed by atoms with E-state index < -0.39 is 0 Å². The molecule has 1 aromatic carbocycles. The van der Waals surface area contributed by atoms with Crippen LogP contribution in [-0.4, -0.2) is 22.3 Å². The van der Waals surface area contributed by atoms with Crippen LogP contribution in [0.3, 0.4) is 0 Å². The van der Waals surface area contributed by atoms with Crippen molar-refractivity contribution in [3.8, 4) is 5.75 Å². The first-order chi connectivity index (χ1) is 12.4. The number of thiazole rings is 1. The lowest BCUT2D eigenvalue weighted by atomic mass is 10.1. The summed E-state index contributed by atoms with van der Waals surface area (Å²) in [6, 6.07) is 6.08. The van der Waals surface area contributed by atoms with E-state index in [1.807, 2.05) is 17.5 Å². The van der Waals surface area contributed by atoms with Gasteiger partial charge in [0.05, 0.1) is 12.2 Å². The molecule has 2 aromatic rings. The van der Waals surface area contributed by atoms with Gasteiger partial charge in [0.15, 0.2) is 0 Å². The van der Waals surface area contributed by atoms with Gasteiger partial charge >= 0.3 is 0 Å². The lowest BCUT2D eigenvalue weighted by Gasteiger charge is -2.21. The fourth-order valence-electron chi connectivity index (χ4n) is 2.52. The third-order valence-corrected chi connectivity index (χ3v) is 4.95. The Kier molecular flexibility index (Phi) is 7.39. The fraction of sp³-hybridized carbons (Fsp3) is 0.429. The van der Waals surface area contributed by atoms with E-state index in [1.54, 1.807) is 22.3 Å². The number of rotatable bonds is 9. The molecule has 0 saturated heterocycles. The van der Waals surface area contributed by atoms with Crippen LogP contribution in [-0.2, 0) is 17.9 Å². The van der Waals surface area contributed by atoms with Crippen molar-refractivity contribution >= 4 is 17.2 Å². The molecule has 2 rings (SSSR count). The number of ether oxygens (including phenoxy) is 1. The molecule has 4 nitrogen and oxygen atoms in total. The van der Waals surface area contributed by atoms with Gasteiger partial charge in [0.25, 0.3) is 0 Å². The Morgan fingerprint density at radius 1 is 1.35 bits per heavy atom. The molecule has 140 valence electrons. The molecule has 1 amide bonds. The smallest absolute Gasteiger partial charge is 0.223 e. The number of hydrogen-bond donors (Lipinski definition) is 0. The van der Waals surface area contributed by atoms with Crippen LogP contribution in [0.1, 0.15) is 42.1 Å². The van der Waals surface area contributed by atoms with Gasteiger partial charge in [-0.2, -0.15) is 0 Å². The second-order valence-electron chi connectivity index (χ2n) is 6.93. The summed E-state index contributed by atoms with van der Waals surface area (Å²) in [6.45, 7) is 13.5. The van der Waals surface area contributed by atoms with E-state index in [0.29, 0.717) is 32.0 Å². The van der Waals surface area contributed by atoms with Gasteiger partial charge in [0.2, 0.25) is 5.91 Å². The molecule has 26 heavy (non-hydrogen) atoms. The molecular weight excluding hydrogens is 344 g/mol. The predicted octanol–water partition coefficient (Wildman–Crippen LogP) is 4.90. The Bertz CT molecular complexity index is 752. The highest BCUT2D eigenvalue weighted by Gasteiger charge is 2.15. The van der Waals surface area contributed by atoms with Crippen molar-refractivity contribution in [1.82, 2.24) is 9.88 Å². The van der Waals surface area contributed by atoms with Crippen LogP contribution >= 0.6 is 11.3 Å². The maximum Gasteiger partial charge on any atom is 0.223 e. The minimum atomic E-state index is 0.140. The highest BCUT2D eigenvalue weighted by molar-refractivity contribution is 7.09. The molecule has 1 aromatic heterocycles. The van der Waals surface area contributed by atoms with Crippen molar-refractivity contribution in [2.45, 2.75) is 47.3 Å². The molecule has 0 N–H and O–H groups in total. The van der Waals surface area contributed by atoms with Crippen molar-refractivity contribution in [3.05, 3.63) is 58.1 Å². The van der Waals surface area contributed by atoms with Crippen molar-refractivity contribution in [2.24, 2.45) is 5.92 Å². The summed E-state index contributed by atoms with van der Waals surface area (Å²) in [5.74, 6) is 1.33. The number of amides is 1. The van der Waals surface area contributed by atoms with Gasteiger partial charge in [0, 0.05) is 18.3 Å². The molecule has 0 radical (unpaired) electrons. The van der Waals surface area contributed by atoms with Crippen LogP contribution in [0.5, 0.6) is 5.75 Å². The summed E-state index contributed by atoms with van der Waals surface area (Å²) in [4.78, 5) is 18.8. The largest absolute Gasteiger partial charge is 0.486 e. The first-order valence-corrected chi connectivity index (χ1v) is 9.79. The van der Waals surface area contributed by atoms with Crippen molar-refractivity contribution < 1.29 is 9.53 Å². The Hall–Kier alpha value is -2.14. The number of aryl methyl sites for hydroxylation is 2. The molecule has 1 heterocycles. The molecule has 0 aliphatic carbocycles. The SMILES string of the molecule is C=CCN(Cc1csc(COc2ccc(C)c(C)c2)n1)C(=O)CC(C)C. The monoisotopic (exact) mass is 372 g/mol. The summed E-state index contributed by atoms with van der Waals surface area (Å²) < 4.78 is 5.84. The molecule has 0 unspecified atom stereocenters. The number of carbonyl (C=O) groups is 1. The van der Waals surface area contributed by atoms with E-state index in [9.17, 15) is 4.79 Å². The summed E-state index contributed by atoms with van der Waals surface area (Å²) >= 11 is 1.56. The van der Waals surface area contributed by atoms with E-state index in [2.05, 4.69) is 45.3 Å². The summed E-state index contributed by atoms with van der Waals surface area (Å²) in [6.07, 6.45) is 2.30. The maximum absolute atomic E-state index is 12.4. The highest BCUT2D eigenvalue weighted by Crippen LogP contribution is 2.19. The third-order valence-electron chi connectivity index (χ3n) is 4.08. The number of hydrogen-bond acceptors (Lipinski definition) is 4. The summed E-state index contributed by atoms with van der Waals surface area (Å²) in [5.41, 5.74) is 3.36. The van der Waals surface area contributed by atoms with Crippen LogP contribution in [0.15, 0.2) is 36.2 Å². The van der Waals surface area contributed by atoms with Crippen molar-refractivity contribution in [3.63, 3.8) is 0 Å². The Morgan fingerprint density at radius 2 is 2.12 bits per heavy atom. The minimum Gasteiger partial charge on any atom is -0.486 e. The molecule has 0 fully saturated rings. The molecule has 0 aliphatic heterocycles. The molecule has 0 saturated carbocycles. The predicted molar refractivity (Wildman–Crippen MR) is 107 cm³/mol. The van der Waals surface area contributed by atoms with E-state index in [-0.39, 0.29) is 5.91 Å². The van der Waals surface area contributed by atoms with Crippen LogP contribution in [0, 0.1) is 19.8 Å². The molecule has 0 atom stereocenters. The van der Waals surface area contributed by atoms with Gasteiger partial charge < -0.3 is 9.64 Å². The first kappa shape index (κ1) is 20.2. The second kappa shape index (κ2) is 9.53. The van der Waals surface area contributed by atoms with Gasteiger partial charge in [-0.15, -0.1) is 17.9 Å². The van der Waals surface area contributed by atoms with Crippen LogP contribution in [0.2, 0.25) is 0 Å².